The number of carboxylic acids is 1. The van der Waals surface area contributed by atoms with Crippen LogP contribution in [0.4, 0.5) is 0 Å². The van der Waals surface area contributed by atoms with E-state index in [1.165, 1.54) is 6.07 Å². The zero-order chi connectivity index (χ0) is 8.55. The lowest BCUT2D eigenvalue weighted by Crippen LogP contribution is -1.91. The summed E-state index contributed by atoms with van der Waals surface area (Å²) in [7, 11) is 0. The fraction of sp³-hybridized carbons (Fsp3) is 0. The van der Waals surface area contributed by atoms with Gasteiger partial charge in [-0.05, 0) is 18.2 Å². The van der Waals surface area contributed by atoms with Crippen LogP contribution in [0.1, 0.15) is 10.6 Å². The van der Waals surface area contributed by atoms with Crippen molar-refractivity contribution in [3.63, 3.8) is 0 Å². The van der Waals surface area contributed by atoms with Crippen LogP contribution < -0.4 is 0 Å². The first-order chi connectivity index (χ1) is 5.77. The van der Waals surface area contributed by atoms with Crippen molar-refractivity contribution in [2.45, 2.75) is 0 Å². The quantitative estimate of drug-likeness (QED) is 0.695. The molecule has 2 rings (SSSR count). The fourth-order valence-electron chi connectivity index (χ4n) is 1.02. The Morgan fingerprint density at radius 3 is 3.08 bits per heavy atom. The molecule has 0 aliphatic carbocycles. The molecule has 1 aromatic heterocycles. The number of carbonyl (C=O) groups is 1. The van der Waals surface area contributed by atoms with Gasteiger partial charge in [-0.3, -0.25) is 0 Å². The molecule has 3 nitrogen and oxygen atoms in total. The van der Waals surface area contributed by atoms with Crippen molar-refractivity contribution in [3.8, 4) is 0 Å². The molecule has 2 aromatic rings. The second-order valence-corrected chi connectivity index (χ2v) is 2.36. The molecule has 0 fully saturated rings. The van der Waals surface area contributed by atoms with Crippen LogP contribution in [0, 0.1) is 6.07 Å². The van der Waals surface area contributed by atoms with E-state index < -0.39 is 5.97 Å². The van der Waals surface area contributed by atoms with Crippen LogP contribution >= 0.6 is 0 Å². The van der Waals surface area contributed by atoms with Crippen molar-refractivity contribution in [2.24, 2.45) is 0 Å². The van der Waals surface area contributed by atoms with Crippen LogP contribution in [0.25, 0.3) is 11.0 Å². The zero-order valence-corrected chi connectivity index (χ0v) is 6.07. The Bertz CT molecular complexity index is 395. The normalized spacial score (nSPS) is 10.3. The molecule has 0 unspecified atom stereocenters. The minimum Gasteiger partial charge on any atom is -0.475 e. The zero-order valence-electron chi connectivity index (χ0n) is 6.07. The SMILES string of the molecule is O=C(O)c1cc2[c]cccc2o1. The Hall–Kier alpha value is -1.77. The minimum absolute atomic E-state index is 0.0487. The number of benzene rings is 1. The number of fused-ring (bicyclic) bond motifs is 1. The van der Waals surface area contributed by atoms with Gasteiger partial charge >= 0.3 is 5.97 Å². The van der Waals surface area contributed by atoms with Crippen molar-refractivity contribution in [1.29, 1.82) is 0 Å². The Kier molecular flexibility index (Phi) is 1.37. The molecule has 1 N–H and O–H groups in total. The van der Waals surface area contributed by atoms with E-state index in [9.17, 15) is 4.79 Å². The highest BCUT2D eigenvalue weighted by Gasteiger charge is 2.08. The molecule has 0 amide bonds. The molecule has 1 aromatic carbocycles. The first-order valence-electron chi connectivity index (χ1n) is 3.41. The molecule has 59 valence electrons. The maximum absolute atomic E-state index is 10.5. The summed E-state index contributed by atoms with van der Waals surface area (Å²) in [5.74, 6) is -1.10. The summed E-state index contributed by atoms with van der Waals surface area (Å²) >= 11 is 0. The van der Waals surface area contributed by atoms with Crippen LogP contribution in [0.5, 0.6) is 0 Å². The number of carboxylic acid groups (broad SMARTS) is 1. The maximum Gasteiger partial charge on any atom is 0.371 e. The number of furan rings is 1. The van der Waals surface area contributed by atoms with Crippen molar-refractivity contribution < 1.29 is 14.3 Å². The molecule has 0 saturated heterocycles. The Morgan fingerprint density at radius 1 is 1.58 bits per heavy atom. The maximum atomic E-state index is 10.5. The predicted molar refractivity (Wildman–Crippen MR) is 42.0 cm³/mol. The van der Waals surface area contributed by atoms with Gasteiger partial charge in [0.25, 0.3) is 0 Å². The molecule has 0 spiro atoms. The second kappa shape index (κ2) is 2.37. The van der Waals surface area contributed by atoms with Gasteiger partial charge in [-0.1, -0.05) is 12.1 Å². The summed E-state index contributed by atoms with van der Waals surface area (Å²) in [5.41, 5.74) is 0.551. The van der Waals surface area contributed by atoms with Gasteiger partial charge in [-0.25, -0.2) is 4.79 Å². The van der Waals surface area contributed by atoms with Crippen molar-refractivity contribution in [2.75, 3.05) is 0 Å². The lowest BCUT2D eigenvalue weighted by atomic mass is 10.2. The third-order valence-electron chi connectivity index (χ3n) is 1.55. The van der Waals surface area contributed by atoms with E-state index in [0.717, 1.165) is 0 Å². The largest absolute Gasteiger partial charge is 0.475 e. The Morgan fingerprint density at radius 2 is 2.42 bits per heavy atom. The molecular weight excluding hydrogens is 156 g/mol. The minimum atomic E-state index is -1.06. The van der Waals surface area contributed by atoms with Gasteiger partial charge < -0.3 is 9.52 Å². The molecular formula is C9H5O3. The first kappa shape index (κ1) is 6.91. The van der Waals surface area contributed by atoms with E-state index in [4.69, 9.17) is 9.52 Å². The number of aromatic carboxylic acids is 1. The fourth-order valence-corrected chi connectivity index (χ4v) is 1.02. The lowest BCUT2D eigenvalue weighted by molar-refractivity contribution is 0.0665. The van der Waals surface area contributed by atoms with Crippen LogP contribution in [0.3, 0.4) is 0 Å². The van der Waals surface area contributed by atoms with Gasteiger partial charge in [-0.15, -0.1) is 0 Å². The summed E-state index contributed by atoms with van der Waals surface area (Å²) in [6, 6.07) is 9.49. The van der Waals surface area contributed by atoms with Gasteiger partial charge in [-0.2, -0.15) is 0 Å². The average molecular weight is 161 g/mol. The standard InChI is InChI=1S/C9H5O3/c10-9(11)8-5-6-3-1-2-4-7(6)12-8/h1-2,4-5H,(H,10,11). The van der Waals surface area contributed by atoms with E-state index >= 15 is 0 Å². The summed E-state index contributed by atoms with van der Waals surface area (Å²) in [6.07, 6.45) is 0. The number of hydrogen-bond acceptors (Lipinski definition) is 2. The first-order valence-corrected chi connectivity index (χ1v) is 3.41. The van der Waals surface area contributed by atoms with E-state index in [-0.39, 0.29) is 5.76 Å². The highest BCUT2D eigenvalue weighted by atomic mass is 16.4. The smallest absolute Gasteiger partial charge is 0.371 e. The van der Waals surface area contributed by atoms with E-state index in [0.29, 0.717) is 11.0 Å². The van der Waals surface area contributed by atoms with Crippen molar-refractivity contribution >= 4 is 16.9 Å². The van der Waals surface area contributed by atoms with Crippen LogP contribution in [-0.4, -0.2) is 11.1 Å². The number of rotatable bonds is 1. The monoisotopic (exact) mass is 161 g/mol. The summed E-state index contributed by atoms with van der Waals surface area (Å²) in [6.45, 7) is 0. The molecule has 0 aliphatic rings. The topological polar surface area (TPSA) is 50.4 Å². The highest BCUT2D eigenvalue weighted by molar-refractivity contribution is 5.91. The molecule has 0 aliphatic heterocycles. The third-order valence-corrected chi connectivity index (χ3v) is 1.55. The van der Waals surface area contributed by atoms with Gasteiger partial charge in [0.05, 0.1) is 0 Å². The Balaban J connectivity index is 2.70. The van der Waals surface area contributed by atoms with Crippen LogP contribution in [-0.2, 0) is 0 Å². The Labute approximate surface area is 68.2 Å². The summed E-state index contributed by atoms with van der Waals surface area (Å²) < 4.78 is 5.00. The van der Waals surface area contributed by atoms with E-state index in [2.05, 4.69) is 6.07 Å². The molecule has 12 heavy (non-hydrogen) atoms. The third kappa shape index (κ3) is 0.955. The van der Waals surface area contributed by atoms with E-state index in [1.54, 1.807) is 18.2 Å². The van der Waals surface area contributed by atoms with Gasteiger partial charge in [0.2, 0.25) is 5.76 Å². The highest BCUT2D eigenvalue weighted by Crippen LogP contribution is 2.17. The molecule has 3 heteroatoms. The molecule has 0 bridgehead atoms. The van der Waals surface area contributed by atoms with Crippen LogP contribution in [0.2, 0.25) is 0 Å². The van der Waals surface area contributed by atoms with E-state index in [1.807, 2.05) is 0 Å². The van der Waals surface area contributed by atoms with Crippen LogP contribution in [0.15, 0.2) is 28.7 Å². The molecule has 1 radical (unpaired) electrons. The molecule has 0 atom stereocenters. The average Bonchev–Trinajstić information content (AvgIpc) is 2.46. The van der Waals surface area contributed by atoms with Gasteiger partial charge in [0, 0.05) is 5.39 Å². The van der Waals surface area contributed by atoms with Crippen molar-refractivity contribution in [3.05, 3.63) is 36.1 Å². The summed E-state index contributed by atoms with van der Waals surface area (Å²) in [5, 5.41) is 9.27. The molecule has 1 heterocycles. The lowest BCUT2D eigenvalue weighted by Gasteiger charge is -1.82. The predicted octanol–water partition coefficient (Wildman–Crippen LogP) is 1.93. The molecule has 0 saturated carbocycles. The van der Waals surface area contributed by atoms with Gasteiger partial charge in [0.1, 0.15) is 5.58 Å². The number of hydrogen-bond donors (Lipinski definition) is 1. The summed E-state index contributed by atoms with van der Waals surface area (Å²) in [4.78, 5) is 10.5. The van der Waals surface area contributed by atoms with Gasteiger partial charge in [0.15, 0.2) is 0 Å². The second-order valence-electron chi connectivity index (χ2n) is 2.36. The van der Waals surface area contributed by atoms with Crippen molar-refractivity contribution in [1.82, 2.24) is 0 Å².